The Kier molecular flexibility index (Phi) is 8.09. The molecule has 0 spiro atoms. The smallest absolute Gasteiger partial charge is 0.330 e. The van der Waals surface area contributed by atoms with Crippen LogP contribution in [0, 0.1) is 11.7 Å². The van der Waals surface area contributed by atoms with E-state index < -0.39 is 5.97 Å². The van der Waals surface area contributed by atoms with Crippen LogP contribution in [-0.4, -0.2) is 19.0 Å². The normalized spacial score (nSPS) is 14.1. The van der Waals surface area contributed by atoms with E-state index in [1.165, 1.54) is 25.7 Å². The van der Waals surface area contributed by atoms with Gasteiger partial charge in [-0.1, -0.05) is 73.9 Å². The van der Waals surface area contributed by atoms with Crippen molar-refractivity contribution in [2.75, 3.05) is 12.0 Å². The van der Waals surface area contributed by atoms with Crippen molar-refractivity contribution in [2.45, 2.75) is 38.6 Å². The first-order valence-electron chi connectivity index (χ1n) is 12.1. The van der Waals surface area contributed by atoms with Crippen molar-refractivity contribution in [1.29, 1.82) is 0 Å². The van der Waals surface area contributed by atoms with Gasteiger partial charge in [-0.3, -0.25) is 4.79 Å². The number of ether oxygens (including phenoxy) is 1. The number of methoxy groups -OCH3 is 1. The molecule has 1 aliphatic carbocycles. The zero-order valence-corrected chi connectivity index (χ0v) is 20.0. The molecule has 0 bridgehead atoms. The largest absolute Gasteiger partial charge is 0.466 e. The second-order valence-corrected chi connectivity index (χ2v) is 8.89. The highest BCUT2D eigenvalue weighted by Gasteiger charge is 2.27. The number of benzene rings is 3. The summed E-state index contributed by atoms with van der Waals surface area (Å²) in [4.78, 5) is 27.0. The van der Waals surface area contributed by atoms with E-state index in [0.717, 1.165) is 48.1 Å². The molecule has 1 aliphatic rings. The SMILES string of the molecule is COC(=O)/C=C/c1cccc(N(Cc2ccc(-c3ccccc3F)cc2)C(=O)C2CCCCC2)c1. The Morgan fingerprint density at radius 1 is 0.971 bits per heavy atom. The maximum Gasteiger partial charge on any atom is 0.330 e. The zero-order valence-electron chi connectivity index (χ0n) is 20.0. The van der Waals surface area contributed by atoms with Crippen LogP contribution < -0.4 is 4.90 Å². The topological polar surface area (TPSA) is 46.6 Å². The van der Waals surface area contributed by atoms with E-state index in [9.17, 15) is 14.0 Å². The van der Waals surface area contributed by atoms with Crippen LogP contribution >= 0.6 is 0 Å². The molecule has 0 atom stereocenters. The Bertz CT molecular complexity index is 1200. The highest BCUT2D eigenvalue weighted by Crippen LogP contribution is 2.30. The van der Waals surface area contributed by atoms with Gasteiger partial charge in [0.2, 0.25) is 5.91 Å². The monoisotopic (exact) mass is 471 g/mol. The molecular weight excluding hydrogens is 441 g/mol. The highest BCUT2D eigenvalue weighted by atomic mass is 19.1. The Hall–Kier alpha value is -3.73. The van der Waals surface area contributed by atoms with Crippen molar-refractivity contribution in [1.82, 2.24) is 0 Å². The minimum absolute atomic E-state index is 0.00991. The fourth-order valence-corrected chi connectivity index (χ4v) is 4.56. The van der Waals surface area contributed by atoms with Crippen molar-refractivity contribution in [2.24, 2.45) is 5.92 Å². The third kappa shape index (κ3) is 6.24. The first kappa shape index (κ1) is 24.4. The van der Waals surface area contributed by atoms with Gasteiger partial charge in [-0.05, 0) is 53.8 Å². The van der Waals surface area contributed by atoms with Gasteiger partial charge < -0.3 is 9.64 Å². The van der Waals surface area contributed by atoms with Crippen molar-refractivity contribution >= 4 is 23.6 Å². The molecule has 35 heavy (non-hydrogen) atoms. The van der Waals surface area contributed by atoms with Crippen molar-refractivity contribution < 1.29 is 18.7 Å². The zero-order chi connectivity index (χ0) is 24.6. The van der Waals surface area contributed by atoms with Crippen LogP contribution in [0.4, 0.5) is 10.1 Å². The summed E-state index contributed by atoms with van der Waals surface area (Å²) in [5, 5.41) is 0. The molecule has 4 nitrogen and oxygen atoms in total. The lowest BCUT2D eigenvalue weighted by Gasteiger charge is -2.30. The molecule has 3 aromatic carbocycles. The van der Waals surface area contributed by atoms with Gasteiger partial charge in [-0.15, -0.1) is 0 Å². The molecule has 1 amide bonds. The Labute approximate surface area is 206 Å². The summed E-state index contributed by atoms with van der Waals surface area (Å²) in [6, 6.07) is 22.0. The number of carbonyl (C=O) groups excluding carboxylic acids is 2. The van der Waals surface area contributed by atoms with E-state index in [1.807, 2.05) is 59.5 Å². The van der Waals surface area contributed by atoms with E-state index >= 15 is 0 Å². The molecule has 3 aromatic rings. The van der Waals surface area contributed by atoms with Crippen molar-refractivity contribution in [3.63, 3.8) is 0 Å². The molecular formula is C30H30FNO3. The molecule has 0 saturated heterocycles. The molecule has 0 aliphatic heterocycles. The second kappa shape index (κ2) is 11.6. The van der Waals surface area contributed by atoms with E-state index in [1.54, 1.807) is 18.2 Å². The van der Waals surface area contributed by atoms with Crippen molar-refractivity contribution in [3.8, 4) is 11.1 Å². The average Bonchev–Trinajstić information content (AvgIpc) is 2.91. The molecule has 0 N–H and O–H groups in total. The summed E-state index contributed by atoms with van der Waals surface area (Å²) < 4.78 is 18.9. The number of rotatable bonds is 7. The summed E-state index contributed by atoms with van der Waals surface area (Å²) in [5.74, 6) is -0.556. The molecule has 0 aromatic heterocycles. The predicted octanol–water partition coefficient (Wildman–Crippen LogP) is 6.79. The van der Waals surface area contributed by atoms with Crippen LogP contribution in [0.3, 0.4) is 0 Å². The van der Waals surface area contributed by atoms with Gasteiger partial charge in [-0.2, -0.15) is 0 Å². The van der Waals surface area contributed by atoms with Crippen molar-refractivity contribution in [3.05, 3.63) is 95.8 Å². The number of hydrogen-bond donors (Lipinski definition) is 0. The number of hydrogen-bond acceptors (Lipinski definition) is 3. The van der Waals surface area contributed by atoms with Gasteiger partial charge in [0, 0.05) is 23.2 Å². The van der Waals surface area contributed by atoms with Gasteiger partial charge in [0.05, 0.1) is 13.7 Å². The van der Waals surface area contributed by atoms with E-state index in [2.05, 4.69) is 4.74 Å². The van der Waals surface area contributed by atoms with Crippen LogP contribution in [0.15, 0.2) is 78.9 Å². The van der Waals surface area contributed by atoms with Gasteiger partial charge in [0.15, 0.2) is 0 Å². The number of halogens is 1. The van der Waals surface area contributed by atoms with E-state index in [0.29, 0.717) is 12.1 Å². The molecule has 5 heteroatoms. The Morgan fingerprint density at radius 2 is 1.71 bits per heavy atom. The minimum atomic E-state index is -0.430. The maximum atomic E-state index is 14.2. The van der Waals surface area contributed by atoms with Crippen LogP contribution in [0.25, 0.3) is 17.2 Å². The molecule has 180 valence electrons. The number of esters is 1. The van der Waals surface area contributed by atoms with Gasteiger partial charge >= 0.3 is 5.97 Å². The number of nitrogens with zero attached hydrogens (tertiary/aromatic N) is 1. The summed E-state index contributed by atoms with van der Waals surface area (Å²) in [6.45, 7) is 0.414. The number of amides is 1. The molecule has 1 saturated carbocycles. The van der Waals surface area contributed by atoms with E-state index in [4.69, 9.17) is 0 Å². The lowest BCUT2D eigenvalue weighted by atomic mass is 9.88. The standard InChI is InChI=1S/C30H30FNO3/c1-35-29(33)19-16-22-8-7-11-26(20-22)32(30(34)25-9-3-2-4-10-25)21-23-14-17-24(18-15-23)27-12-5-6-13-28(27)31/h5-8,11-20,25H,2-4,9-10,21H2,1H3/b19-16+. The first-order valence-corrected chi connectivity index (χ1v) is 12.1. The third-order valence-corrected chi connectivity index (χ3v) is 6.49. The fraction of sp³-hybridized carbons (Fsp3) is 0.267. The first-order chi connectivity index (χ1) is 17.0. The Morgan fingerprint density at radius 3 is 2.43 bits per heavy atom. The van der Waals surface area contributed by atoms with Crippen LogP contribution in [-0.2, 0) is 20.9 Å². The fourth-order valence-electron chi connectivity index (χ4n) is 4.56. The lowest BCUT2D eigenvalue weighted by molar-refractivity contribution is -0.134. The van der Waals surface area contributed by atoms with Crippen LogP contribution in [0.5, 0.6) is 0 Å². The van der Waals surface area contributed by atoms with Crippen LogP contribution in [0.2, 0.25) is 0 Å². The quantitative estimate of drug-likeness (QED) is 0.281. The number of carbonyl (C=O) groups is 2. The molecule has 0 unspecified atom stereocenters. The van der Waals surface area contributed by atoms with Gasteiger partial charge in [-0.25, -0.2) is 9.18 Å². The van der Waals surface area contributed by atoms with Crippen LogP contribution in [0.1, 0.15) is 43.2 Å². The average molecular weight is 472 g/mol. The molecule has 4 rings (SSSR count). The minimum Gasteiger partial charge on any atom is -0.466 e. The molecule has 0 heterocycles. The highest BCUT2D eigenvalue weighted by molar-refractivity contribution is 5.95. The van der Waals surface area contributed by atoms with Gasteiger partial charge in [0.25, 0.3) is 0 Å². The summed E-state index contributed by atoms with van der Waals surface area (Å²) in [7, 11) is 1.34. The summed E-state index contributed by atoms with van der Waals surface area (Å²) >= 11 is 0. The molecule has 0 radical (unpaired) electrons. The Balaban J connectivity index is 1.61. The molecule has 1 fully saturated rings. The summed E-state index contributed by atoms with van der Waals surface area (Å²) in [5.41, 5.74) is 3.91. The second-order valence-electron chi connectivity index (χ2n) is 8.89. The number of anilines is 1. The van der Waals surface area contributed by atoms with E-state index in [-0.39, 0.29) is 17.6 Å². The maximum absolute atomic E-state index is 14.2. The predicted molar refractivity (Wildman–Crippen MR) is 137 cm³/mol. The third-order valence-electron chi connectivity index (χ3n) is 6.49. The summed E-state index contributed by atoms with van der Waals surface area (Å²) in [6.07, 6.45) is 8.19. The van der Waals surface area contributed by atoms with Gasteiger partial charge in [0.1, 0.15) is 5.82 Å². The lowest BCUT2D eigenvalue weighted by Crippen LogP contribution is -2.36.